The van der Waals surface area contributed by atoms with E-state index in [0.29, 0.717) is 32.5 Å². The van der Waals surface area contributed by atoms with Crippen molar-refractivity contribution in [2.75, 3.05) is 19.7 Å². The predicted octanol–water partition coefficient (Wildman–Crippen LogP) is 1.09. The Morgan fingerprint density at radius 2 is 2.06 bits per heavy atom. The number of hydrogen-bond donors (Lipinski definition) is 1. The predicted molar refractivity (Wildman–Crippen MR) is 64.0 cm³/mol. The molecule has 0 aromatic rings. The van der Waals surface area contributed by atoms with Crippen molar-refractivity contribution in [3.8, 4) is 0 Å². The Morgan fingerprint density at radius 1 is 1.35 bits per heavy atom. The number of carbonyl (C=O) groups is 2. The zero-order valence-electron chi connectivity index (χ0n) is 10.9. The number of carbonyl (C=O) groups excluding carboxylic acids is 2. The molecule has 98 valence electrons. The van der Waals surface area contributed by atoms with Crippen molar-refractivity contribution in [2.45, 2.75) is 40.0 Å². The third-order valence-electron chi connectivity index (χ3n) is 2.56. The van der Waals surface area contributed by atoms with Crippen molar-refractivity contribution < 1.29 is 14.4 Å². The molecule has 1 N–H and O–H groups in total. The minimum absolute atomic E-state index is 0.00695. The maximum absolute atomic E-state index is 11.6. The van der Waals surface area contributed by atoms with Crippen LogP contribution in [0.15, 0.2) is 0 Å². The lowest BCUT2D eigenvalue weighted by Gasteiger charge is -2.18. The lowest BCUT2D eigenvalue weighted by atomic mass is 9.96. The average molecular weight is 242 g/mol. The molecule has 5 nitrogen and oxygen atoms in total. The monoisotopic (exact) mass is 242 g/mol. The molecule has 0 aromatic carbocycles. The molecule has 0 aliphatic carbocycles. The Balaban J connectivity index is 2.11. The van der Waals surface area contributed by atoms with E-state index in [1.807, 2.05) is 20.8 Å². The van der Waals surface area contributed by atoms with Gasteiger partial charge >= 0.3 is 0 Å². The van der Waals surface area contributed by atoms with E-state index in [2.05, 4.69) is 5.32 Å². The summed E-state index contributed by atoms with van der Waals surface area (Å²) in [7, 11) is 0. The third-order valence-corrected chi connectivity index (χ3v) is 2.56. The molecule has 0 bridgehead atoms. The van der Waals surface area contributed by atoms with Gasteiger partial charge in [0.2, 0.25) is 11.8 Å². The molecule has 0 saturated carbocycles. The van der Waals surface area contributed by atoms with Crippen LogP contribution >= 0.6 is 0 Å². The van der Waals surface area contributed by atoms with Gasteiger partial charge in [-0.05, 0) is 12.8 Å². The van der Waals surface area contributed by atoms with Gasteiger partial charge in [0.15, 0.2) is 0 Å². The number of hydrogen-bond acceptors (Lipinski definition) is 3. The summed E-state index contributed by atoms with van der Waals surface area (Å²) >= 11 is 0. The van der Waals surface area contributed by atoms with Crippen molar-refractivity contribution in [3.63, 3.8) is 0 Å². The van der Waals surface area contributed by atoms with Crippen LogP contribution in [0.2, 0.25) is 0 Å². The summed E-state index contributed by atoms with van der Waals surface area (Å²) in [6.45, 7) is 7.46. The van der Waals surface area contributed by atoms with Gasteiger partial charge in [-0.15, -0.1) is 0 Å². The Morgan fingerprint density at radius 3 is 2.59 bits per heavy atom. The molecule has 1 fully saturated rings. The third kappa shape index (κ3) is 4.73. The van der Waals surface area contributed by atoms with Crippen LogP contribution in [0.3, 0.4) is 0 Å². The Kier molecular flexibility index (Phi) is 4.93. The molecule has 1 aliphatic heterocycles. The second-order valence-electron chi connectivity index (χ2n) is 5.29. The van der Waals surface area contributed by atoms with E-state index in [1.165, 1.54) is 5.06 Å². The standard InChI is InChI=1S/C12H22N2O3/c1-12(2,3)11(16)13-7-4-6-10(15)14-8-5-9-17-14/h4-9H2,1-3H3,(H,13,16). The van der Waals surface area contributed by atoms with E-state index in [0.717, 1.165) is 6.42 Å². The lowest BCUT2D eigenvalue weighted by Crippen LogP contribution is -2.36. The van der Waals surface area contributed by atoms with Crippen molar-refractivity contribution in [3.05, 3.63) is 0 Å². The van der Waals surface area contributed by atoms with Gasteiger partial charge in [0.25, 0.3) is 0 Å². The van der Waals surface area contributed by atoms with Gasteiger partial charge in [-0.25, -0.2) is 5.06 Å². The van der Waals surface area contributed by atoms with Gasteiger partial charge in [0, 0.05) is 18.4 Å². The summed E-state index contributed by atoms with van der Waals surface area (Å²) in [5.74, 6) is 0.0230. The molecule has 1 rings (SSSR count). The highest BCUT2D eigenvalue weighted by Crippen LogP contribution is 2.12. The van der Waals surface area contributed by atoms with Crippen LogP contribution in [0.5, 0.6) is 0 Å². The normalized spacial score (nSPS) is 16.1. The number of nitrogens with one attached hydrogen (secondary N) is 1. The Hall–Kier alpha value is -1.10. The zero-order valence-corrected chi connectivity index (χ0v) is 10.9. The van der Waals surface area contributed by atoms with Gasteiger partial charge in [-0.1, -0.05) is 20.8 Å². The first-order chi connectivity index (χ1) is 7.91. The van der Waals surface area contributed by atoms with Crippen molar-refractivity contribution in [1.29, 1.82) is 0 Å². The molecular formula is C12H22N2O3. The number of amides is 2. The highest BCUT2D eigenvalue weighted by Gasteiger charge is 2.21. The highest BCUT2D eigenvalue weighted by atomic mass is 16.7. The highest BCUT2D eigenvalue weighted by molar-refractivity contribution is 5.81. The average Bonchev–Trinajstić information content (AvgIpc) is 2.75. The zero-order chi connectivity index (χ0) is 12.9. The van der Waals surface area contributed by atoms with Crippen LogP contribution in [0.4, 0.5) is 0 Å². The van der Waals surface area contributed by atoms with Crippen LogP contribution < -0.4 is 5.32 Å². The molecule has 0 radical (unpaired) electrons. The fraction of sp³-hybridized carbons (Fsp3) is 0.833. The minimum Gasteiger partial charge on any atom is -0.356 e. The Bertz CT molecular complexity index is 278. The summed E-state index contributed by atoms with van der Waals surface area (Å²) in [4.78, 5) is 28.3. The first kappa shape index (κ1) is 14.0. The molecule has 0 aromatic heterocycles. The van der Waals surface area contributed by atoms with E-state index < -0.39 is 0 Å². The molecule has 1 heterocycles. The van der Waals surface area contributed by atoms with Crippen LogP contribution in [0.1, 0.15) is 40.0 Å². The number of hydroxylamine groups is 2. The maximum atomic E-state index is 11.6. The molecule has 0 spiro atoms. The first-order valence-electron chi connectivity index (χ1n) is 6.13. The van der Waals surface area contributed by atoms with Gasteiger partial charge in [0.1, 0.15) is 0 Å². The topological polar surface area (TPSA) is 58.6 Å². The minimum atomic E-state index is -0.373. The summed E-state index contributed by atoms with van der Waals surface area (Å²) < 4.78 is 0. The number of rotatable bonds is 4. The largest absolute Gasteiger partial charge is 0.356 e. The van der Waals surface area contributed by atoms with Gasteiger partial charge in [0.05, 0.1) is 13.2 Å². The summed E-state index contributed by atoms with van der Waals surface area (Å²) in [6, 6.07) is 0. The molecular weight excluding hydrogens is 220 g/mol. The summed E-state index contributed by atoms with van der Waals surface area (Å²) in [5, 5.41) is 4.24. The molecule has 5 heteroatoms. The van der Waals surface area contributed by atoms with Gasteiger partial charge in [-0.2, -0.15) is 0 Å². The SMILES string of the molecule is CC(C)(C)C(=O)NCCCC(=O)N1CCCO1. The van der Waals surface area contributed by atoms with Crippen molar-refractivity contribution >= 4 is 11.8 Å². The summed E-state index contributed by atoms with van der Waals surface area (Å²) in [5.41, 5.74) is -0.373. The Labute approximate surface area is 102 Å². The second-order valence-corrected chi connectivity index (χ2v) is 5.29. The van der Waals surface area contributed by atoms with E-state index in [9.17, 15) is 9.59 Å². The van der Waals surface area contributed by atoms with Crippen molar-refractivity contribution in [1.82, 2.24) is 10.4 Å². The molecule has 2 amide bonds. The van der Waals surface area contributed by atoms with Crippen LogP contribution in [-0.2, 0) is 14.4 Å². The smallest absolute Gasteiger partial charge is 0.246 e. The van der Waals surface area contributed by atoms with Crippen LogP contribution in [-0.4, -0.2) is 36.6 Å². The van der Waals surface area contributed by atoms with E-state index in [1.54, 1.807) is 0 Å². The summed E-state index contributed by atoms with van der Waals surface area (Å²) in [6.07, 6.45) is 1.98. The van der Waals surface area contributed by atoms with Gasteiger partial charge in [-0.3, -0.25) is 14.4 Å². The second kappa shape index (κ2) is 6.00. The fourth-order valence-electron chi connectivity index (χ4n) is 1.48. The van der Waals surface area contributed by atoms with E-state index in [-0.39, 0.29) is 17.2 Å². The molecule has 17 heavy (non-hydrogen) atoms. The maximum Gasteiger partial charge on any atom is 0.246 e. The van der Waals surface area contributed by atoms with Crippen molar-refractivity contribution in [2.24, 2.45) is 5.41 Å². The number of nitrogens with zero attached hydrogens (tertiary/aromatic N) is 1. The quantitative estimate of drug-likeness (QED) is 0.751. The molecule has 0 unspecified atom stereocenters. The molecule has 1 aliphatic rings. The van der Waals surface area contributed by atoms with Crippen LogP contribution in [0, 0.1) is 5.41 Å². The van der Waals surface area contributed by atoms with Crippen LogP contribution in [0.25, 0.3) is 0 Å². The molecule has 1 saturated heterocycles. The van der Waals surface area contributed by atoms with E-state index >= 15 is 0 Å². The fourth-order valence-corrected chi connectivity index (χ4v) is 1.48. The molecule has 0 atom stereocenters. The first-order valence-corrected chi connectivity index (χ1v) is 6.13. The lowest BCUT2D eigenvalue weighted by molar-refractivity contribution is -0.168. The van der Waals surface area contributed by atoms with Gasteiger partial charge < -0.3 is 5.32 Å². The van der Waals surface area contributed by atoms with E-state index in [4.69, 9.17) is 4.84 Å².